The second-order valence-corrected chi connectivity index (χ2v) is 5.50. The molecule has 3 aromatic rings. The Balaban J connectivity index is 1.80. The van der Waals surface area contributed by atoms with E-state index in [1.54, 1.807) is 6.07 Å². The number of carbonyl (C=O) groups is 2. The first-order valence-corrected chi connectivity index (χ1v) is 7.41. The minimum absolute atomic E-state index is 0.0816. The minimum atomic E-state index is -0.974. The average molecular weight is 308 g/mol. The molecule has 116 valence electrons. The molecule has 1 N–H and O–H groups in total. The molecule has 0 bridgehead atoms. The zero-order valence-corrected chi connectivity index (χ0v) is 12.4. The number of fused-ring (bicyclic) bond motifs is 1. The second-order valence-electron chi connectivity index (χ2n) is 5.50. The van der Waals surface area contributed by atoms with Gasteiger partial charge in [-0.05, 0) is 12.0 Å². The molecule has 0 aliphatic heterocycles. The fraction of sp³-hybridized carbons (Fsp3) is 0.158. The van der Waals surface area contributed by atoms with Crippen LogP contribution >= 0.6 is 0 Å². The Morgan fingerprint density at radius 3 is 2.43 bits per heavy atom. The average Bonchev–Trinajstić information content (AvgIpc) is 2.99. The topological polar surface area (TPSA) is 67.5 Å². The molecule has 23 heavy (non-hydrogen) atoms. The first-order valence-electron chi connectivity index (χ1n) is 7.41. The number of aliphatic carboxylic acids is 1. The summed E-state index contributed by atoms with van der Waals surface area (Å²) in [6.45, 7) is 0. The fourth-order valence-corrected chi connectivity index (χ4v) is 2.67. The Labute approximate surface area is 133 Å². The molecule has 0 amide bonds. The number of furan rings is 1. The highest BCUT2D eigenvalue weighted by atomic mass is 16.4. The van der Waals surface area contributed by atoms with Crippen LogP contribution < -0.4 is 0 Å². The highest BCUT2D eigenvalue weighted by Crippen LogP contribution is 2.24. The summed E-state index contributed by atoms with van der Waals surface area (Å²) in [5.41, 5.74) is 0.900. The highest BCUT2D eigenvalue weighted by Gasteiger charge is 2.25. The van der Waals surface area contributed by atoms with Gasteiger partial charge in [0.05, 0.1) is 12.2 Å². The summed E-state index contributed by atoms with van der Waals surface area (Å²) in [6, 6.07) is 16.7. The van der Waals surface area contributed by atoms with Crippen LogP contribution in [0.3, 0.4) is 0 Å². The molecule has 4 nitrogen and oxygen atoms in total. The number of carboxylic acid groups (broad SMARTS) is 1. The van der Waals surface area contributed by atoms with Crippen LogP contribution in [0.5, 0.6) is 0 Å². The Morgan fingerprint density at radius 1 is 1.00 bits per heavy atom. The standard InChI is InChI=1S/C19H16O4/c20-17(18-16-9-5-4-8-14(16)12-23-18)11-15(19(21)22)10-13-6-2-1-3-7-13/h1-9,12,15H,10-11H2,(H,21,22)/t15-/m0/s1. The third kappa shape index (κ3) is 3.31. The van der Waals surface area contributed by atoms with Crippen molar-refractivity contribution in [2.75, 3.05) is 0 Å². The van der Waals surface area contributed by atoms with Gasteiger partial charge in [0, 0.05) is 17.2 Å². The molecule has 1 atom stereocenters. The number of hydrogen-bond donors (Lipinski definition) is 1. The van der Waals surface area contributed by atoms with Gasteiger partial charge >= 0.3 is 5.97 Å². The number of benzene rings is 2. The normalized spacial score (nSPS) is 12.2. The monoisotopic (exact) mass is 308 g/mol. The predicted molar refractivity (Wildman–Crippen MR) is 86.4 cm³/mol. The van der Waals surface area contributed by atoms with Crippen molar-refractivity contribution in [2.45, 2.75) is 12.8 Å². The van der Waals surface area contributed by atoms with Crippen LogP contribution in [0.15, 0.2) is 65.3 Å². The Kier molecular flexibility index (Phi) is 4.24. The van der Waals surface area contributed by atoms with E-state index in [1.807, 2.05) is 48.5 Å². The van der Waals surface area contributed by atoms with Gasteiger partial charge in [-0.25, -0.2) is 0 Å². The van der Waals surface area contributed by atoms with E-state index in [0.717, 1.165) is 16.3 Å². The van der Waals surface area contributed by atoms with Crippen molar-refractivity contribution in [1.82, 2.24) is 0 Å². The quantitative estimate of drug-likeness (QED) is 0.700. The summed E-state index contributed by atoms with van der Waals surface area (Å²) in [5.74, 6) is -1.79. The molecular formula is C19H16O4. The van der Waals surface area contributed by atoms with Crippen molar-refractivity contribution in [3.8, 4) is 0 Å². The van der Waals surface area contributed by atoms with Crippen molar-refractivity contribution in [2.24, 2.45) is 5.92 Å². The molecule has 2 aromatic carbocycles. The van der Waals surface area contributed by atoms with E-state index in [-0.39, 0.29) is 18.0 Å². The molecule has 0 saturated carbocycles. The van der Waals surface area contributed by atoms with Crippen LogP contribution in [-0.4, -0.2) is 16.9 Å². The Bertz CT molecular complexity index is 833. The van der Waals surface area contributed by atoms with Gasteiger partial charge in [0.2, 0.25) is 0 Å². The lowest BCUT2D eigenvalue weighted by Gasteiger charge is -2.11. The van der Waals surface area contributed by atoms with Gasteiger partial charge in [0.1, 0.15) is 0 Å². The van der Waals surface area contributed by atoms with Crippen LogP contribution in [-0.2, 0) is 11.2 Å². The lowest BCUT2D eigenvalue weighted by Crippen LogP contribution is -2.20. The maximum absolute atomic E-state index is 12.5. The molecule has 1 aromatic heterocycles. The first kappa shape index (κ1) is 15.0. The maximum Gasteiger partial charge on any atom is 0.307 e. The minimum Gasteiger partial charge on any atom is -0.481 e. The van der Waals surface area contributed by atoms with Gasteiger partial charge in [-0.15, -0.1) is 0 Å². The smallest absolute Gasteiger partial charge is 0.307 e. The number of carboxylic acids is 1. The van der Waals surface area contributed by atoms with E-state index in [9.17, 15) is 14.7 Å². The molecule has 3 rings (SSSR count). The second kappa shape index (κ2) is 6.48. The van der Waals surface area contributed by atoms with E-state index in [4.69, 9.17) is 4.42 Å². The van der Waals surface area contributed by atoms with Gasteiger partial charge in [0.15, 0.2) is 11.5 Å². The van der Waals surface area contributed by atoms with Gasteiger partial charge < -0.3 is 9.52 Å². The molecule has 0 saturated heterocycles. The molecule has 0 aliphatic carbocycles. The number of rotatable bonds is 6. The van der Waals surface area contributed by atoms with E-state index >= 15 is 0 Å². The number of Topliss-reactive ketones (excluding diaryl/α,β-unsaturated/α-hetero) is 1. The van der Waals surface area contributed by atoms with Crippen molar-refractivity contribution < 1.29 is 19.1 Å². The van der Waals surface area contributed by atoms with Gasteiger partial charge in [0.25, 0.3) is 0 Å². The van der Waals surface area contributed by atoms with Gasteiger partial charge in [-0.2, -0.15) is 0 Å². The summed E-state index contributed by atoms with van der Waals surface area (Å²) in [5, 5.41) is 11.0. The van der Waals surface area contributed by atoms with Crippen LogP contribution in [0.25, 0.3) is 10.8 Å². The molecule has 0 fully saturated rings. The maximum atomic E-state index is 12.5. The number of carbonyl (C=O) groups excluding carboxylic acids is 1. The molecule has 0 spiro atoms. The van der Waals surface area contributed by atoms with Crippen LogP contribution in [0, 0.1) is 5.92 Å². The van der Waals surface area contributed by atoms with E-state index in [2.05, 4.69) is 0 Å². The summed E-state index contributed by atoms with van der Waals surface area (Å²) in [7, 11) is 0. The highest BCUT2D eigenvalue weighted by molar-refractivity contribution is 6.06. The third-order valence-corrected chi connectivity index (χ3v) is 3.87. The van der Waals surface area contributed by atoms with E-state index < -0.39 is 11.9 Å². The summed E-state index contributed by atoms with van der Waals surface area (Å²) in [6.07, 6.45) is 1.76. The van der Waals surface area contributed by atoms with E-state index in [1.165, 1.54) is 6.26 Å². The number of ketones is 1. The molecule has 1 heterocycles. The lowest BCUT2D eigenvalue weighted by atomic mass is 9.93. The molecule has 0 unspecified atom stereocenters. The van der Waals surface area contributed by atoms with Gasteiger partial charge in [-0.1, -0.05) is 54.6 Å². The zero-order chi connectivity index (χ0) is 16.2. The van der Waals surface area contributed by atoms with Crippen LogP contribution in [0.1, 0.15) is 22.5 Å². The molecule has 0 radical (unpaired) electrons. The molecule has 4 heteroatoms. The number of hydrogen-bond acceptors (Lipinski definition) is 3. The third-order valence-electron chi connectivity index (χ3n) is 3.87. The van der Waals surface area contributed by atoms with E-state index in [0.29, 0.717) is 6.42 Å². The SMILES string of the molecule is O=C(C[C@H](Cc1ccccc1)C(=O)O)c1occ2ccccc12. The van der Waals surface area contributed by atoms with Crippen molar-refractivity contribution in [3.63, 3.8) is 0 Å². The Hall–Kier alpha value is -2.88. The van der Waals surface area contributed by atoms with Crippen molar-refractivity contribution in [3.05, 3.63) is 72.2 Å². The summed E-state index contributed by atoms with van der Waals surface area (Å²) >= 11 is 0. The lowest BCUT2D eigenvalue weighted by molar-refractivity contribution is -0.141. The zero-order valence-electron chi connectivity index (χ0n) is 12.4. The van der Waals surface area contributed by atoms with Crippen LogP contribution in [0.4, 0.5) is 0 Å². The fourth-order valence-electron chi connectivity index (χ4n) is 2.67. The Morgan fingerprint density at radius 2 is 1.70 bits per heavy atom. The molecular weight excluding hydrogens is 292 g/mol. The van der Waals surface area contributed by atoms with Gasteiger partial charge in [-0.3, -0.25) is 9.59 Å². The molecule has 0 aliphatic rings. The van der Waals surface area contributed by atoms with Crippen molar-refractivity contribution >= 4 is 22.5 Å². The predicted octanol–water partition coefficient (Wildman–Crippen LogP) is 3.95. The summed E-state index contributed by atoms with van der Waals surface area (Å²) in [4.78, 5) is 24.0. The van der Waals surface area contributed by atoms with Crippen molar-refractivity contribution in [1.29, 1.82) is 0 Å². The van der Waals surface area contributed by atoms with Crippen LogP contribution in [0.2, 0.25) is 0 Å². The summed E-state index contributed by atoms with van der Waals surface area (Å²) < 4.78 is 5.37. The largest absolute Gasteiger partial charge is 0.481 e. The first-order chi connectivity index (χ1) is 11.1.